The van der Waals surface area contributed by atoms with Crippen LogP contribution in [0.2, 0.25) is 0 Å². The van der Waals surface area contributed by atoms with Crippen molar-refractivity contribution < 1.29 is 4.74 Å². The molecule has 2 aromatic carbocycles. The van der Waals surface area contributed by atoms with Crippen molar-refractivity contribution in [1.82, 2.24) is 13.9 Å². The molecule has 0 saturated heterocycles. The smallest absolute Gasteiger partial charge is 0.222 e. The van der Waals surface area contributed by atoms with Gasteiger partial charge in [-0.05, 0) is 48.6 Å². The van der Waals surface area contributed by atoms with Gasteiger partial charge in [-0.15, -0.1) is 0 Å². The first-order chi connectivity index (χ1) is 16.4. The molecule has 5 rings (SSSR count). The van der Waals surface area contributed by atoms with Crippen LogP contribution in [0.5, 0.6) is 5.88 Å². The highest BCUT2D eigenvalue weighted by Gasteiger charge is 2.26. The number of aryl methyl sites for hydroxylation is 2. The van der Waals surface area contributed by atoms with Gasteiger partial charge < -0.3 is 9.64 Å². The molecule has 1 aliphatic rings. The molecule has 3 heterocycles. The monoisotopic (exact) mass is 584 g/mol. The van der Waals surface area contributed by atoms with E-state index in [1.807, 2.05) is 0 Å². The lowest BCUT2D eigenvalue weighted by Crippen LogP contribution is -2.32. The Labute approximate surface area is 217 Å². The van der Waals surface area contributed by atoms with Crippen LogP contribution in [0.15, 0.2) is 42.6 Å². The summed E-state index contributed by atoms with van der Waals surface area (Å²) in [5, 5.41) is 1.20. The number of nitrogens with zero attached hydrogens (tertiary/aromatic N) is 4. The molecule has 0 fully saturated rings. The molecule has 0 unspecified atom stereocenters. The number of hydrogen-bond acceptors (Lipinski definition) is 5. The Morgan fingerprint density at radius 1 is 1.09 bits per heavy atom. The van der Waals surface area contributed by atoms with Gasteiger partial charge in [0.1, 0.15) is 0 Å². The van der Waals surface area contributed by atoms with Gasteiger partial charge in [0, 0.05) is 66.1 Å². The maximum Gasteiger partial charge on any atom is 0.222 e. The number of hydrogen-bond donors (Lipinski definition) is 0. The van der Waals surface area contributed by atoms with Crippen LogP contribution < -0.4 is 9.64 Å². The summed E-state index contributed by atoms with van der Waals surface area (Å²) in [5.41, 5.74) is 9.60. The molecule has 34 heavy (non-hydrogen) atoms. The van der Waals surface area contributed by atoms with Gasteiger partial charge in [0.25, 0.3) is 0 Å². The Morgan fingerprint density at radius 2 is 1.91 bits per heavy atom. The Hall–Kier alpha value is -2.26. The van der Waals surface area contributed by atoms with Crippen molar-refractivity contribution in [3.63, 3.8) is 0 Å². The molecular weight excluding hydrogens is 555 g/mol. The van der Waals surface area contributed by atoms with Crippen LogP contribution in [-0.2, 0) is 13.0 Å². The molecule has 0 saturated carbocycles. The van der Waals surface area contributed by atoms with Crippen molar-refractivity contribution in [2.75, 3.05) is 18.6 Å². The Bertz CT molecular complexity index is 1360. The zero-order chi connectivity index (χ0) is 24.0. The van der Waals surface area contributed by atoms with Crippen LogP contribution in [0.25, 0.3) is 22.3 Å². The predicted octanol–water partition coefficient (Wildman–Crippen LogP) is 7.26. The second-order valence-corrected chi connectivity index (χ2v) is 11.0. The fourth-order valence-electron chi connectivity index (χ4n) is 4.90. The summed E-state index contributed by atoms with van der Waals surface area (Å²) < 4.78 is 8.02. The van der Waals surface area contributed by atoms with Gasteiger partial charge in [-0.3, -0.25) is 3.97 Å². The quantitative estimate of drug-likeness (QED) is 0.231. The van der Waals surface area contributed by atoms with E-state index in [1.54, 1.807) is 16.2 Å². The number of anilines is 1. The van der Waals surface area contributed by atoms with Gasteiger partial charge in [0.2, 0.25) is 5.88 Å². The Morgan fingerprint density at radius 3 is 2.65 bits per heavy atom. The lowest BCUT2D eigenvalue weighted by Gasteiger charge is -2.32. The van der Waals surface area contributed by atoms with E-state index in [0.29, 0.717) is 11.8 Å². The summed E-state index contributed by atoms with van der Waals surface area (Å²) in [7, 11) is 3.38. The van der Waals surface area contributed by atoms with Gasteiger partial charge in [-0.1, -0.05) is 38.1 Å². The fraction of sp³-hybridized carbons (Fsp3) is 0.333. The largest absolute Gasteiger partial charge is 0.481 e. The molecule has 4 aromatic rings. The summed E-state index contributed by atoms with van der Waals surface area (Å²) in [6.45, 7) is 10.5. The summed E-state index contributed by atoms with van der Waals surface area (Å²) in [6, 6.07) is 13.2. The first-order valence-corrected chi connectivity index (χ1v) is 14.9. The Kier molecular flexibility index (Phi) is 6.50. The summed E-state index contributed by atoms with van der Waals surface area (Å²) in [5.74, 6) is 1.93. The van der Waals surface area contributed by atoms with E-state index in [1.165, 1.54) is 33.3 Å². The van der Waals surface area contributed by atoms with Crippen LogP contribution in [0.1, 0.15) is 47.7 Å². The van der Waals surface area contributed by atoms with E-state index >= 15 is 0 Å². The van der Waals surface area contributed by atoms with E-state index in [9.17, 15) is 0 Å². The molecule has 0 amide bonds. The molecule has 2 aromatic heterocycles. The normalized spacial score (nSPS) is 13.6. The number of ether oxygens (including phenoxy) is 1. The molecule has 0 bridgehead atoms. The second kappa shape index (κ2) is 9.41. The molecule has 7 heteroatoms. The highest BCUT2D eigenvalue weighted by Crippen LogP contribution is 2.37. The minimum atomic E-state index is 0.503. The third-order valence-electron chi connectivity index (χ3n) is 6.76. The molecule has 5 nitrogen and oxygen atoms in total. The van der Waals surface area contributed by atoms with E-state index in [-0.39, 0.29) is 0 Å². The molecule has 0 spiro atoms. The molecule has 0 atom stereocenters. The van der Waals surface area contributed by atoms with Crippen LogP contribution in [-0.4, -0.2) is 27.6 Å². The third-order valence-corrected chi connectivity index (χ3v) is 8.48. The number of fused-ring (bicyclic) bond motifs is 2. The van der Waals surface area contributed by atoms with Crippen molar-refractivity contribution in [2.24, 2.45) is 0 Å². The second-order valence-electron chi connectivity index (χ2n) is 9.26. The predicted molar refractivity (Wildman–Crippen MR) is 151 cm³/mol. The highest BCUT2D eigenvalue weighted by atomic mass is 127. The first kappa shape index (κ1) is 23.5. The molecular formula is C27H29IN4OS. The molecule has 0 aliphatic carbocycles. The topological polar surface area (TPSA) is 43.2 Å². The zero-order valence-corrected chi connectivity index (χ0v) is 23.2. The third kappa shape index (κ3) is 4.06. The van der Waals surface area contributed by atoms with E-state index < -0.39 is 0 Å². The molecule has 176 valence electrons. The summed E-state index contributed by atoms with van der Waals surface area (Å²) in [4.78, 5) is 12.4. The van der Waals surface area contributed by atoms with E-state index in [4.69, 9.17) is 14.7 Å². The van der Waals surface area contributed by atoms with E-state index in [2.05, 4.69) is 100 Å². The number of benzene rings is 2. The van der Waals surface area contributed by atoms with Gasteiger partial charge in [-0.25, -0.2) is 4.98 Å². The van der Waals surface area contributed by atoms with Crippen molar-refractivity contribution in [3.8, 4) is 17.3 Å². The lowest BCUT2D eigenvalue weighted by molar-refractivity contribution is 0.388. The highest BCUT2D eigenvalue weighted by molar-refractivity contribution is 14.2. The van der Waals surface area contributed by atoms with Gasteiger partial charge >= 0.3 is 0 Å². The molecule has 1 aliphatic heterocycles. The fourth-order valence-corrected chi connectivity index (χ4v) is 6.30. The maximum absolute atomic E-state index is 5.83. The van der Waals surface area contributed by atoms with Crippen molar-refractivity contribution in [1.29, 1.82) is 0 Å². The zero-order valence-electron chi connectivity index (χ0n) is 20.2. The number of methoxy groups -OCH3 is 1. The summed E-state index contributed by atoms with van der Waals surface area (Å²) in [6.07, 6.45) is 3.04. The van der Waals surface area contributed by atoms with Gasteiger partial charge in [0.15, 0.2) is 5.82 Å². The number of aromatic nitrogens is 3. The lowest BCUT2D eigenvalue weighted by atomic mass is 9.98. The van der Waals surface area contributed by atoms with Crippen molar-refractivity contribution in [2.45, 2.75) is 46.6 Å². The van der Waals surface area contributed by atoms with Crippen LogP contribution in [0.3, 0.4) is 0 Å². The van der Waals surface area contributed by atoms with Crippen molar-refractivity contribution in [3.05, 3.63) is 70.5 Å². The SMILES string of the molecule is COc1nc(-c2cccc3c2c(C)cn3SI)nc2c1CN(c1cc(C(C)C)ccc1C)CC2. The van der Waals surface area contributed by atoms with Crippen LogP contribution in [0, 0.1) is 13.8 Å². The maximum atomic E-state index is 5.83. The van der Waals surface area contributed by atoms with Gasteiger partial charge in [0.05, 0.1) is 30.4 Å². The molecule has 0 N–H and O–H groups in total. The minimum absolute atomic E-state index is 0.503. The Balaban J connectivity index is 1.57. The van der Waals surface area contributed by atoms with Crippen LogP contribution in [0.4, 0.5) is 5.69 Å². The summed E-state index contributed by atoms with van der Waals surface area (Å²) >= 11 is 2.32. The van der Waals surface area contributed by atoms with Crippen LogP contribution >= 0.6 is 30.3 Å². The number of halogens is 1. The molecule has 0 radical (unpaired) electrons. The average molecular weight is 585 g/mol. The average Bonchev–Trinajstić information content (AvgIpc) is 3.19. The van der Waals surface area contributed by atoms with Crippen molar-refractivity contribution >= 4 is 46.9 Å². The standard InChI is InChI=1S/C27H29IN4OS/c1-16(2)19-10-9-17(3)24(13-19)31-12-11-22-21(15-31)27(33-5)30-26(29-22)20-7-6-8-23-25(20)18(4)14-32(23)34-28/h6-10,13-14,16H,11-12,15H2,1-5H3. The first-order valence-electron chi connectivity index (χ1n) is 11.6. The number of rotatable bonds is 5. The van der Waals surface area contributed by atoms with E-state index in [0.717, 1.165) is 42.2 Å². The van der Waals surface area contributed by atoms with Gasteiger partial charge in [-0.2, -0.15) is 4.98 Å². The minimum Gasteiger partial charge on any atom is -0.481 e.